The second kappa shape index (κ2) is 3.29. The lowest BCUT2D eigenvalue weighted by molar-refractivity contribution is -0.156. The second-order valence-corrected chi connectivity index (χ2v) is 4.83. The molecule has 1 aliphatic rings. The zero-order chi connectivity index (χ0) is 10.1. The minimum Gasteiger partial charge on any atom is -0.457 e. The summed E-state index contributed by atoms with van der Waals surface area (Å²) in [5.74, 6) is -0.111. The molecule has 0 spiro atoms. The lowest BCUT2D eigenvalue weighted by atomic mass is 10.0. The summed E-state index contributed by atoms with van der Waals surface area (Å²) in [6, 6.07) is 0. The molecule has 1 aliphatic heterocycles. The van der Waals surface area contributed by atoms with Crippen molar-refractivity contribution < 1.29 is 14.3 Å². The summed E-state index contributed by atoms with van der Waals surface area (Å²) in [6.07, 6.45) is 1.28. The molecule has 1 heterocycles. The van der Waals surface area contributed by atoms with Gasteiger partial charge in [0.2, 0.25) is 0 Å². The molecule has 0 amide bonds. The lowest BCUT2D eigenvalue weighted by Gasteiger charge is -2.28. The molecule has 0 unspecified atom stereocenters. The molecular formula is C10H18O3. The van der Waals surface area contributed by atoms with Crippen LogP contribution in [-0.4, -0.2) is 23.8 Å². The van der Waals surface area contributed by atoms with Gasteiger partial charge in [-0.25, -0.2) is 0 Å². The third-order valence-electron chi connectivity index (χ3n) is 2.03. The van der Waals surface area contributed by atoms with Crippen molar-refractivity contribution >= 4 is 5.97 Å². The Hall–Kier alpha value is -0.570. The van der Waals surface area contributed by atoms with Crippen LogP contribution in [0.5, 0.6) is 0 Å². The fourth-order valence-corrected chi connectivity index (χ4v) is 1.21. The Balaban J connectivity index is 2.40. The molecule has 0 bridgehead atoms. The summed E-state index contributed by atoms with van der Waals surface area (Å²) in [5, 5.41) is 0. The number of esters is 1. The summed E-state index contributed by atoms with van der Waals surface area (Å²) in [5.41, 5.74) is -0.567. The van der Waals surface area contributed by atoms with Gasteiger partial charge in [0.25, 0.3) is 0 Å². The van der Waals surface area contributed by atoms with Crippen molar-refractivity contribution in [3.8, 4) is 0 Å². The number of carbonyl (C=O) groups is 1. The van der Waals surface area contributed by atoms with Gasteiger partial charge in [-0.05, 0) is 34.1 Å². The van der Waals surface area contributed by atoms with Crippen molar-refractivity contribution in [1.29, 1.82) is 0 Å². The number of hydrogen-bond donors (Lipinski definition) is 0. The molecule has 0 aromatic carbocycles. The van der Waals surface area contributed by atoms with Gasteiger partial charge in [0.15, 0.2) is 0 Å². The monoisotopic (exact) mass is 186 g/mol. The predicted octanol–water partition coefficient (Wildman–Crippen LogP) is 1.90. The maximum absolute atomic E-state index is 10.9. The van der Waals surface area contributed by atoms with Gasteiger partial charge in [-0.15, -0.1) is 0 Å². The fraction of sp³-hybridized carbons (Fsp3) is 0.900. The molecule has 3 nitrogen and oxygen atoms in total. The van der Waals surface area contributed by atoms with E-state index in [1.165, 1.54) is 0 Å². The second-order valence-electron chi connectivity index (χ2n) is 4.83. The molecule has 13 heavy (non-hydrogen) atoms. The van der Waals surface area contributed by atoms with Crippen LogP contribution < -0.4 is 0 Å². The zero-order valence-corrected chi connectivity index (χ0v) is 8.85. The number of carbonyl (C=O) groups excluding carboxylic acids is 1. The summed E-state index contributed by atoms with van der Waals surface area (Å²) >= 11 is 0. The minimum atomic E-state index is -0.398. The number of cyclic esters (lactones) is 1. The summed E-state index contributed by atoms with van der Waals surface area (Å²) in [4.78, 5) is 10.9. The quantitative estimate of drug-likeness (QED) is 0.618. The van der Waals surface area contributed by atoms with Gasteiger partial charge in [-0.1, -0.05) is 0 Å². The Morgan fingerprint density at radius 2 is 2.15 bits per heavy atom. The molecule has 0 aliphatic carbocycles. The topological polar surface area (TPSA) is 35.5 Å². The highest BCUT2D eigenvalue weighted by Crippen LogP contribution is 2.27. The Labute approximate surface area is 79.4 Å². The third-order valence-corrected chi connectivity index (χ3v) is 2.03. The summed E-state index contributed by atoms with van der Waals surface area (Å²) in [6.45, 7) is 8.39. The van der Waals surface area contributed by atoms with Gasteiger partial charge < -0.3 is 9.47 Å². The first-order valence-corrected chi connectivity index (χ1v) is 4.67. The maximum atomic E-state index is 10.9. The van der Waals surface area contributed by atoms with Gasteiger partial charge >= 0.3 is 5.97 Å². The van der Waals surface area contributed by atoms with Crippen LogP contribution in [0.4, 0.5) is 0 Å². The first kappa shape index (κ1) is 10.5. The average Bonchev–Trinajstić information content (AvgIpc) is 2.27. The first-order chi connectivity index (χ1) is 5.81. The molecule has 0 aromatic rings. The van der Waals surface area contributed by atoms with E-state index in [4.69, 9.17) is 9.47 Å². The van der Waals surface area contributed by atoms with E-state index in [2.05, 4.69) is 0 Å². The van der Waals surface area contributed by atoms with Crippen molar-refractivity contribution in [2.24, 2.45) is 0 Å². The van der Waals surface area contributed by atoms with Crippen LogP contribution in [-0.2, 0) is 14.3 Å². The normalized spacial score (nSPS) is 29.1. The van der Waals surface area contributed by atoms with Crippen LogP contribution in [0.15, 0.2) is 0 Å². The molecule has 0 radical (unpaired) electrons. The van der Waals surface area contributed by atoms with Crippen molar-refractivity contribution in [3.05, 3.63) is 0 Å². The van der Waals surface area contributed by atoms with Gasteiger partial charge in [0, 0.05) is 6.42 Å². The van der Waals surface area contributed by atoms with Crippen LogP contribution in [0.1, 0.15) is 40.5 Å². The van der Waals surface area contributed by atoms with E-state index in [0.29, 0.717) is 13.0 Å². The largest absolute Gasteiger partial charge is 0.457 e. The van der Waals surface area contributed by atoms with E-state index in [9.17, 15) is 4.79 Å². The van der Waals surface area contributed by atoms with Crippen LogP contribution in [0, 0.1) is 0 Å². The molecule has 1 atom stereocenters. The van der Waals surface area contributed by atoms with Gasteiger partial charge in [-0.3, -0.25) is 4.79 Å². The Bertz CT molecular complexity index is 205. The van der Waals surface area contributed by atoms with Crippen molar-refractivity contribution in [1.82, 2.24) is 0 Å². The van der Waals surface area contributed by atoms with Crippen LogP contribution in [0.25, 0.3) is 0 Å². The van der Waals surface area contributed by atoms with E-state index in [1.807, 2.05) is 27.7 Å². The molecule has 1 saturated heterocycles. The highest BCUT2D eigenvalue weighted by Gasteiger charge is 2.36. The maximum Gasteiger partial charge on any atom is 0.306 e. The Morgan fingerprint density at radius 3 is 2.54 bits per heavy atom. The van der Waals surface area contributed by atoms with Crippen LogP contribution in [0.3, 0.4) is 0 Å². The fourth-order valence-electron chi connectivity index (χ4n) is 1.21. The molecule has 1 rings (SSSR count). The van der Waals surface area contributed by atoms with E-state index in [-0.39, 0.29) is 11.6 Å². The van der Waals surface area contributed by atoms with Gasteiger partial charge in [0.05, 0.1) is 12.2 Å². The van der Waals surface area contributed by atoms with Crippen LogP contribution >= 0.6 is 0 Å². The lowest BCUT2D eigenvalue weighted by Crippen LogP contribution is -2.35. The van der Waals surface area contributed by atoms with Gasteiger partial charge in [0.1, 0.15) is 5.60 Å². The highest BCUT2D eigenvalue weighted by molar-refractivity contribution is 5.72. The molecule has 3 heteroatoms. The molecule has 1 fully saturated rings. The molecular weight excluding hydrogens is 168 g/mol. The van der Waals surface area contributed by atoms with E-state index in [0.717, 1.165) is 6.42 Å². The van der Waals surface area contributed by atoms with Crippen molar-refractivity contribution in [3.63, 3.8) is 0 Å². The summed E-state index contributed by atoms with van der Waals surface area (Å²) in [7, 11) is 0. The smallest absolute Gasteiger partial charge is 0.306 e. The molecule has 76 valence electrons. The number of hydrogen-bond acceptors (Lipinski definition) is 3. The minimum absolute atomic E-state index is 0.111. The first-order valence-electron chi connectivity index (χ1n) is 4.67. The van der Waals surface area contributed by atoms with E-state index in [1.54, 1.807) is 0 Å². The SMILES string of the molecule is CC(C)(C)OC[C@@]1(C)CCC(=O)O1. The Morgan fingerprint density at radius 1 is 1.54 bits per heavy atom. The van der Waals surface area contributed by atoms with Crippen molar-refractivity contribution in [2.75, 3.05) is 6.61 Å². The average molecular weight is 186 g/mol. The number of rotatable bonds is 2. The predicted molar refractivity (Wildman–Crippen MR) is 49.4 cm³/mol. The number of ether oxygens (including phenoxy) is 2. The van der Waals surface area contributed by atoms with E-state index >= 15 is 0 Å². The van der Waals surface area contributed by atoms with E-state index < -0.39 is 5.60 Å². The highest BCUT2D eigenvalue weighted by atomic mass is 16.6. The van der Waals surface area contributed by atoms with Gasteiger partial charge in [-0.2, -0.15) is 0 Å². The zero-order valence-electron chi connectivity index (χ0n) is 8.85. The summed E-state index contributed by atoms with van der Waals surface area (Å²) < 4.78 is 10.8. The third kappa shape index (κ3) is 3.35. The Kier molecular flexibility index (Phi) is 2.66. The molecule has 0 saturated carbocycles. The van der Waals surface area contributed by atoms with Crippen LogP contribution in [0.2, 0.25) is 0 Å². The standard InChI is InChI=1S/C10H18O3/c1-9(2,3)12-7-10(4)6-5-8(11)13-10/h5-7H2,1-4H3/t10-/m1/s1. The molecule has 0 N–H and O–H groups in total. The molecule has 0 aromatic heterocycles. The van der Waals surface area contributed by atoms with Crippen molar-refractivity contribution in [2.45, 2.75) is 51.7 Å².